The molecule has 0 unspecified atom stereocenters. The summed E-state index contributed by atoms with van der Waals surface area (Å²) in [5.41, 5.74) is 4.36. The Bertz CT molecular complexity index is 1230. The van der Waals surface area contributed by atoms with Gasteiger partial charge in [-0.05, 0) is 37.3 Å². The molecule has 1 aromatic heterocycles. The molecular formula is C22H23NO4SSi. The summed E-state index contributed by atoms with van der Waals surface area (Å²) in [5, 5.41) is 0.612. The maximum absolute atomic E-state index is 13.4. The summed E-state index contributed by atoms with van der Waals surface area (Å²) >= 11 is 0. The number of esters is 1. The van der Waals surface area contributed by atoms with Crippen LogP contribution >= 0.6 is 0 Å². The molecule has 0 saturated carbocycles. The van der Waals surface area contributed by atoms with Gasteiger partial charge in [0.2, 0.25) is 0 Å². The molecule has 0 aliphatic rings. The van der Waals surface area contributed by atoms with Gasteiger partial charge in [0.1, 0.15) is 13.8 Å². The van der Waals surface area contributed by atoms with E-state index in [4.69, 9.17) is 4.74 Å². The van der Waals surface area contributed by atoms with Crippen molar-refractivity contribution in [1.29, 1.82) is 0 Å². The van der Waals surface area contributed by atoms with Crippen molar-refractivity contribution in [2.75, 3.05) is 6.61 Å². The molecule has 150 valence electrons. The van der Waals surface area contributed by atoms with E-state index in [0.29, 0.717) is 16.5 Å². The molecule has 3 aromatic rings. The second-order valence-electron chi connectivity index (χ2n) is 7.57. The van der Waals surface area contributed by atoms with Crippen molar-refractivity contribution in [1.82, 2.24) is 3.97 Å². The normalized spacial score (nSPS) is 11.7. The van der Waals surface area contributed by atoms with E-state index in [-0.39, 0.29) is 17.2 Å². The molecule has 3 rings (SSSR count). The minimum atomic E-state index is -4.00. The zero-order valence-electron chi connectivity index (χ0n) is 16.9. The smallest absolute Gasteiger partial charge is 0.356 e. The van der Waals surface area contributed by atoms with Gasteiger partial charge >= 0.3 is 5.97 Å². The number of carbonyl (C=O) groups excluding carboxylic acids is 1. The van der Waals surface area contributed by atoms with E-state index in [9.17, 15) is 13.2 Å². The molecular weight excluding hydrogens is 402 g/mol. The highest BCUT2D eigenvalue weighted by Gasteiger charge is 2.27. The van der Waals surface area contributed by atoms with E-state index in [0.717, 1.165) is 3.97 Å². The third kappa shape index (κ3) is 4.29. The molecule has 1 heterocycles. The van der Waals surface area contributed by atoms with Crippen molar-refractivity contribution < 1.29 is 17.9 Å². The van der Waals surface area contributed by atoms with Gasteiger partial charge < -0.3 is 4.74 Å². The molecule has 29 heavy (non-hydrogen) atoms. The lowest BCUT2D eigenvalue weighted by Crippen LogP contribution is -2.19. The van der Waals surface area contributed by atoms with Crippen LogP contribution in [0.5, 0.6) is 0 Å². The van der Waals surface area contributed by atoms with Crippen molar-refractivity contribution in [2.24, 2.45) is 0 Å². The second-order valence-corrected chi connectivity index (χ2v) is 14.1. The molecule has 0 bridgehead atoms. The average molecular weight is 426 g/mol. The van der Waals surface area contributed by atoms with Gasteiger partial charge in [-0.15, -0.1) is 5.54 Å². The summed E-state index contributed by atoms with van der Waals surface area (Å²) in [5.74, 6) is 2.49. The Morgan fingerprint density at radius 3 is 2.38 bits per heavy atom. The van der Waals surface area contributed by atoms with Gasteiger partial charge in [-0.1, -0.05) is 49.8 Å². The minimum absolute atomic E-state index is 0.0343. The van der Waals surface area contributed by atoms with Gasteiger partial charge in [0, 0.05) is 10.9 Å². The Morgan fingerprint density at radius 1 is 1.07 bits per heavy atom. The van der Waals surface area contributed by atoms with E-state index in [1.165, 1.54) is 12.1 Å². The second kappa shape index (κ2) is 7.89. The van der Waals surface area contributed by atoms with E-state index in [1.54, 1.807) is 43.3 Å². The Labute approximate surface area is 172 Å². The molecule has 0 fully saturated rings. The molecule has 0 amide bonds. The Hall–Kier alpha value is -2.82. The first-order chi connectivity index (χ1) is 13.6. The first-order valence-electron chi connectivity index (χ1n) is 9.30. The molecule has 0 aliphatic carbocycles. The molecule has 0 spiro atoms. The summed E-state index contributed by atoms with van der Waals surface area (Å²) in [6.45, 7) is 8.23. The van der Waals surface area contributed by atoms with E-state index >= 15 is 0 Å². The Kier molecular flexibility index (Phi) is 5.69. The Morgan fingerprint density at radius 2 is 1.76 bits per heavy atom. The number of hydrogen-bond acceptors (Lipinski definition) is 4. The third-order valence-corrected chi connectivity index (χ3v) is 6.76. The monoisotopic (exact) mass is 425 g/mol. The first-order valence-corrected chi connectivity index (χ1v) is 14.2. The molecule has 0 aliphatic heterocycles. The van der Waals surface area contributed by atoms with Crippen LogP contribution < -0.4 is 0 Å². The molecule has 0 radical (unpaired) electrons. The molecule has 5 nitrogen and oxygen atoms in total. The third-order valence-electron chi connectivity index (χ3n) is 4.14. The number of benzene rings is 2. The first kappa shape index (κ1) is 20.9. The largest absolute Gasteiger partial charge is 0.461 e. The maximum atomic E-state index is 13.4. The van der Waals surface area contributed by atoms with Gasteiger partial charge in [0.15, 0.2) is 0 Å². The van der Waals surface area contributed by atoms with E-state index < -0.39 is 24.1 Å². The summed E-state index contributed by atoms with van der Waals surface area (Å²) in [4.78, 5) is 12.7. The van der Waals surface area contributed by atoms with Crippen LogP contribution in [0, 0.1) is 11.5 Å². The number of carbonyl (C=O) groups is 1. The zero-order valence-corrected chi connectivity index (χ0v) is 18.7. The fraction of sp³-hybridized carbons (Fsp3) is 0.227. The molecule has 0 N–H and O–H groups in total. The highest BCUT2D eigenvalue weighted by molar-refractivity contribution is 7.90. The van der Waals surface area contributed by atoms with Gasteiger partial charge in [0.05, 0.1) is 17.0 Å². The zero-order chi connectivity index (χ0) is 21.2. The van der Waals surface area contributed by atoms with Crippen LogP contribution in [-0.4, -0.2) is 33.0 Å². The van der Waals surface area contributed by atoms with E-state index in [1.807, 2.05) is 6.07 Å². The lowest BCUT2D eigenvalue weighted by molar-refractivity contribution is 0.0518. The highest BCUT2D eigenvalue weighted by Crippen LogP contribution is 2.28. The SMILES string of the molecule is CCOC(=O)c1cc2c(C#C[Si](C)(C)C)cccc2n1S(=O)(=O)c1ccccc1. The maximum Gasteiger partial charge on any atom is 0.356 e. The summed E-state index contributed by atoms with van der Waals surface area (Å²) in [7, 11) is -5.64. The average Bonchev–Trinajstić information content (AvgIpc) is 3.07. The van der Waals surface area contributed by atoms with Crippen LogP contribution in [0.4, 0.5) is 0 Å². The lowest BCUT2D eigenvalue weighted by Gasteiger charge is -2.11. The number of nitrogens with zero attached hydrogens (tertiary/aromatic N) is 1. The number of fused-ring (bicyclic) bond motifs is 1. The van der Waals surface area contributed by atoms with Crippen molar-refractivity contribution >= 4 is 35.0 Å². The fourth-order valence-corrected chi connectivity index (χ4v) is 4.90. The predicted octanol–water partition coefficient (Wildman–Crippen LogP) is 4.28. The number of ether oxygens (including phenoxy) is 1. The van der Waals surface area contributed by atoms with Crippen molar-refractivity contribution in [3.63, 3.8) is 0 Å². The summed E-state index contributed by atoms with van der Waals surface area (Å²) in [6, 6.07) is 14.9. The fourth-order valence-electron chi connectivity index (χ4n) is 2.87. The van der Waals surface area contributed by atoms with Gasteiger partial charge in [0.25, 0.3) is 10.0 Å². The van der Waals surface area contributed by atoms with E-state index in [2.05, 4.69) is 31.1 Å². The number of hydrogen-bond donors (Lipinski definition) is 0. The minimum Gasteiger partial charge on any atom is -0.461 e. The molecule has 0 atom stereocenters. The number of aromatic nitrogens is 1. The van der Waals surface area contributed by atoms with Gasteiger partial charge in [-0.3, -0.25) is 0 Å². The van der Waals surface area contributed by atoms with Crippen LogP contribution in [0.25, 0.3) is 10.9 Å². The predicted molar refractivity (Wildman–Crippen MR) is 117 cm³/mol. The molecule has 0 saturated heterocycles. The summed E-state index contributed by atoms with van der Waals surface area (Å²) < 4.78 is 33.0. The van der Waals surface area contributed by atoms with Crippen LogP contribution in [0.2, 0.25) is 19.6 Å². The van der Waals surface area contributed by atoms with Crippen LogP contribution in [0.1, 0.15) is 23.0 Å². The van der Waals surface area contributed by atoms with Crippen molar-refractivity contribution in [3.8, 4) is 11.5 Å². The lowest BCUT2D eigenvalue weighted by atomic mass is 10.1. The van der Waals surface area contributed by atoms with Gasteiger partial charge in [-0.25, -0.2) is 17.2 Å². The standard InChI is InChI=1S/C22H23NO4SSi/c1-5-27-22(24)21-16-19-17(14-15-29(2,3)4)10-9-13-20(19)23(21)28(25,26)18-11-7-6-8-12-18/h6-13,16H,5H2,1-4H3. The molecule has 7 heteroatoms. The Balaban J connectivity index is 2.34. The quantitative estimate of drug-likeness (QED) is 0.355. The highest BCUT2D eigenvalue weighted by atomic mass is 32.2. The molecule has 2 aromatic carbocycles. The number of rotatable bonds is 4. The van der Waals surface area contributed by atoms with Crippen LogP contribution in [0.3, 0.4) is 0 Å². The van der Waals surface area contributed by atoms with Crippen LogP contribution in [0.15, 0.2) is 59.5 Å². The topological polar surface area (TPSA) is 65.4 Å². The van der Waals surface area contributed by atoms with Gasteiger partial charge in [-0.2, -0.15) is 0 Å². The summed E-state index contributed by atoms with van der Waals surface area (Å²) in [6.07, 6.45) is 0. The van der Waals surface area contributed by atoms with Crippen molar-refractivity contribution in [2.45, 2.75) is 31.5 Å². The van der Waals surface area contributed by atoms with Crippen LogP contribution in [-0.2, 0) is 14.8 Å². The van der Waals surface area contributed by atoms with Crippen molar-refractivity contribution in [3.05, 3.63) is 65.9 Å².